The fourth-order valence-corrected chi connectivity index (χ4v) is 3.21. The maximum absolute atomic E-state index is 12.2. The molecule has 0 unspecified atom stereocenters. The SMILES string of the molecule is O=C(NC1CCN(C(=O)CCCl)CC1)c1ccccc1I. The number of hydrogen-bond acceptors (Lipinski definition) is 2. The van der Waals surface area contributed by atoms with Gasteiger partial charge >= 0.3 is 0 Å². The van der Waals surface area contributed by atoms with E-state index in [1.165, 1.54) is 0 Å². The molecule has 0 aliphatic carbocycles. The molecule has 0 radical (unpaired) electrons. The van der Waals surface area contributed by atoms with Crippen LogP contribution in [-0.2, 0) is 4.79 Å². The van der Waals surface area contributed by atoms with Crippen LogP contribution >= 0.6 is 34.2 Å². The number of nitrogens with zero attached hydrogens (tertiary/aromatic N) is 1. The number of likely N-dealkylation sites (tertiary alicyclic amines) is 1. The normalized spacial score (nSPS) is 15.8. The first-order chi connectivity index (χ1) is 10.1. The number of carbonyl (C=O) groups is 2. The van der Waals surface area contributed by atoms with Crippen molar-refractivity contribution in [3.8, 4) is 0 Å². The van der Waals surface area contributed by atoms with Gasteiger partial charge < -0.3 is 10.2 Å². The monoisotopic (exact) mass is 420 g/mol. The number of rotatable bonds is 4. The lowest BCUT2D eigenvalue weighted by atomic mass is 10.0. The van der Waals surface area contributed by atoms with Crippen LogP contribution in [0.1, 0.15) is 29.6 Å². The summed E-state index contributed by atoms with van der Waals surface area (Å²) in [6.07, 6.45) is 1.98. The summed E-state index contributed by atoms with van der Waals surface area (Å²) >= 11 is 7.76. The van der Waals surface area contributed by atoms with E-state index in [-0.39, 0.29) is 17.9 Å². The highest BCUT2D eigenvalue weighted by Gasteiger charge is 2.24. The Morgan fingerprint density at radius 1 is 1.29 bits per heavy atom. The molecule has 4 nitrogen and oxygen atoms in total. The molecule has 1 aromatic rings. The lowest BCUT2D eigenvalue weighted by Gasteiger charge is -2.32. The number of carbonyl (C=O) groups excluding carboxylic acids is 2. The second-order valence-electron chi connectivity index (χ2n) is 5.05. The minimum absolute atomic E-state index is 0.0365. The molecule has 1 aliphatic heterocycles. The molecular formula is C15H18ClIN2O2. The Hall–Kier alpha value is -0.820. The lowest BCUT2D eigenvalue weighted by Crippen LogP contribution is -2.46. The molecule has 6 heteroatoms. The number of piperidine rings is 1. The Labute approximate surface area is 143 Å². The Morgan fingerprint density at radius 3 is 2.57 bits per heavy atom. The quantitative estimate of drug-likeness (QED) is 0.601. The summed E-state index contributed by atoms with van der Waals surface area (Å²) in [7, 11) is 0. The smallest absolute Gasteiger partial charge is 0.252 e. The maximum Gasteiger partial charge on any atom is 0.252 e. The Balaban J connectivity index is 1.85. The van der Waals surface area contributed by atoms with Gasteiger partial charge in [-0.1, -0.05) is 12.1 Å². The first kappa shape index (κ1) is 16.5. The molecule has 1 saturated heterocycles. The van der Waals surface area contributed by atoms with Crippen molar-refractivity contribution < 1.29 is 9.59 Å². The minimum atomic E-state index is -0.0365. The molecule has 2 amide bonds. The molecule has 114 valence electrons. The predicted molar refractivity (Wildman–Crippen MR) is 91.6 cm³/mol. The fourth-order valence-electron chi connectivity index (χ4n) is 2.42. The van der Waals surface area contributed by atoms with Gasteiger partial charge in [-0.2, -0.15) is 0 Å². The van der Waals surface area contributed by atoms with Crippen molar-refractivity contribution in [1.82, 2.24) is 10.2 Å². The fraction of sp³-hybridized carbons (Fsp3) is 0.467. The topological polar surface area (TPSA) is 49.4 Å². The van der Waals surface area contributed by atoms with Crippen LogP contribution in [-0.4, -0.2) is 41.7 Å². The highest BCUT2D eigenvalue weighted by atomic mass is 127. The van der Waals surface area contributed by atoms with Gasteiger partial charge in [-0.3, -0.25) is 9.59 Å². The molecule has 1 N–H and O–H groups in total. The number of halogens is 2. The number of hydrogen-bond donors (Lipinski definition) is 1. The van der Waals surface area contributed by atoms with Crippen LogP contribution in [0.25, 0.3) is 0 Å². The van der Waals surface area contributed by atoms with E-state index in [1.54, 1.807) is 0 Å². The van der Waals surface area contributed by atoms with E-state index >= 15 is 0 Å². The van der Waals surface area contributed by atoms with Crippen molar-refractivity contribution in [2.24, 2.45) is 0 Å². The van der Waals surface area contributed by atoms with Gasteiger partial charge in [-0.25, -0.2) is 0 Å². The van der Waals surface area contributed by atoms with Crippen LogP contribution in [0, 0.1) is 3.57 Å². The van der Waals surface area contributed by atoms with Gasteiger partial charge in [0.15, 0.2) is 0 Å². The number of alkyl halides is 1. The van der Waals surface area contributed by atoms with E-state index in [2.05, 4.69) is 27.9 Å². The molecule has 0 spiro atoms. The molecule has 1 fully saturated rings. The van der Waals surface area contributed by atoms with E-state index in [1.807, 2.05) is 29.2 Å². The summed E-state index contributed by atoms with van der Waals surface area (Å²) in [6, 6.07) is 7.66. The molecule has 1 heterocycles. The van der Waals surface area contributed by atoms with Gasteiger partial charge in [0, 0.05) is 35.0 Å². The van der Waals surface area contributed by atoms with Gasteiger partial charge in [0.1, 0.15) is 0 Å². The third kappa shape index (κ3) is 4.57. The van der Waals surface area contributed by atoms with Crippen molar-refractivity contribution >= 4 is 46.0 Å². The van der Waals surface area contributed by atoms with Gasteiger partial charge in [0.2, 0.25) is 5.91 Å². The van der Waals surface area contributed by atoms with Gasteiger partial charge in [-0.05, 0) is 47.6 Å². The van der Waals surface area contributed by atoms with Crippen LogP contribution < -0.4 is 5.32 Å². The molecule has 2 rings (SSSR count). The molecular weight excluding hydrogens is 403 g/mol. The van der Waals surface area contributed by atoms with Crippen molar-refractivity contribution in [3.05, 3.63) is 33.4 Å². The Morgan fingerprint density at radius 2 is 1.95 bits per heavy atom. The minimum Gasteiger partial charge on any atom is -0.349 e. The van der Waals surface area contributed by atoms with E-state index < -0.39 is 0 Å². The summed E-state index contributed by atoms with van der Waals surface area (Å²) in [5, 5.41) is 3.06. The van der Waals surface area contributed by atoms with E-state index in [9.17, 15) is 9.59 Å². The average molecular weight is 421 g/mol. The predicted octanol–water partition coefficient (Wildman–Crippen LogP) is 2.64. The van der Waals surface area contributed by atoms with Crippen molar-refractivity contribution in [1.29, 1.82) is 0 Å². The summed E-state index contributed by atoms with van der Waals surface area (Å²) < 4.78 is 0.947. The van der Waals surface area contributed by atoms with Crippen LogP contribution in [0.2, 0.25) is 0 Å². The molecule has 0 bridgehead atoms. The zero-order valence-electron chi connectivity index (χ0n) is 11.6. The van der Waals surface area contributed by atoms with Gasteiger partial charge in [0.05, 0.1) is 5.56 Å². The second kappa shape index (κ2) is 7.98. The van der Waals surface area contributed by atoms with Crippen LogP contribution in [0.15, 0.2) is 24.3 Å². The first-order valence-corrected chi connectivity index (χ1v) is 8.62. The highest BCUT2D eigenvalue weighted by Crippen LogP contribution is 2.15. The van der Waals surface area contributed by atoms with Gasteiger partial charge in [0.25, 0.3) is 5.91 Å². The van der Waals surface area contributed by atoms with Crippen molar-refractivity contribution in [2.45, 2.75) is 25.3 Å². The molecule has 0 saturated carbocycles. The highest BCUT2D eigenvalue weighted by molar-refractivity contribution is 14.1. The third-order valence-electron chi connectivity index (χ3n) is 3.61. The molecule has 1 aromatic carbocycles. The number of nitrogens with one attached hydrogen (secondary N) is 1. The standard InChI is InChI=1S/C15H18ClIN2O2/c16-8-5-14(20)19-9-6-11(7-10-19)18-15(21)12-3-1-2-4-13(12)17/h1-4,11H,5-10H2,(H,18,21). The van der Waals surface area contributed by atoms with Crippen LogP contribution in [0.3, 0.4) is 0 Å². The van der Waals surface area contributed by atoms with E-state index in [4.69, 9.17) is 11.6 Å². The van der Waals surface area contributed by atoms with E-state index in [0.717, 1.165) is 16.4 Å². The van der Waals surface area contributed by atoms with Gasteiger partial charge in [-0.15, -0.1) is 11.6 Å². The average Bonchev–Trinajstić information content (AvgIpc) is 2.48. The summed E-state index contributed by atoms with van der Waals surface area (Å²) in [5.41, 5.74) is 0.707. The number of amides is 2. The largest absolute Gasteiger partial charge is 0.349 e. The van der Waals surface area contributed by atoms with E-state index in [0.29, 0.717) is 31.0 Å². The summed E-state index contributed by atoms with van der Waals surface area (Å²) in [4.78, 5) is 25.8. The zero-order valence-corrected chi connectivity index (χ0v) is 14.6. The molecule has 0 aromatic heterocycles. The van der Waals surface area contributed by atoms with Crippen LogP contribution in [0.4, 0.5) is 0 Å². The molecule has 0 atom stereocenters. The third-order valence-corrected chi connectivity index (χ3v) is 4.74. The van der Waals surface area contributed by atoms with Crippen LogP contribution in [0.5, 0.6) is 0 Å². The molecule has 1 aliphatic rings. The first-order valence-electron chi connectivity index (χ1n) is 7.01. The lowest BCUT2D eigenvalue weighted by molar-refractivity contribution is -0.131. The van der Waals surface area contributed by atoms with Crippen molar-refractivity contribution in [2.75, 3.05) is 19.0 Å². The van der Waals surface area contributed by atoms with Crippen molar-refractivity contribution in [3.63, 3.8) is 0 Å². The zero-order chi connectivity index (χ0) is 15.2. The Kier molecular flexibility index (Phi) is 6.29. The summed E-state index contributed by atoms with van der Waals surface area (Å²) in [6.45, 7) is 1.37. The Bertz CT molecular complexity index is 516. The maximum atomic E-state index is 12.2. The second-order valence-corrected chi connectivity index (χ2v) is 6.59. The molecule has 21 heavy (non-hydrogen) atoms. The summed E-state index contributed by atoms with van der Waals surface area (Å²) in [5.74, 6) is 0.431. The number of benzene rings is 1.